The lowest BCUT2D eigenvalue weighted by Gasteiger charge is -2.13. The molecule has 0 unspecified atom stereocenters. The third kappa shape index (κ3) is 4.37. The Hall–Kier alpha value is -4.76. The topological polar surface area (TPSA) is 115 Å². The molecule has 0 atom stereocenters. The van der Waals surface area contributed by atoms with Crippen LogP contribution in [-0.4, -0.2) is 18.9 Å². The summed E-state index contributed by atoms with van der Waals surface area (Å²) in [5.41, 5.74) is -0.797. The number of methoxy groups -OCH3 is 1. The van der Waals surface area contributed by atoms with E-state index in [4.69, 9.17) is 15.3 Å². The van der Waals surface area contributed by atoms with Crippen molar-refractivity contribution in [3.05, 3.63) is 88.5 Å². The molecule has 0 saturated heterocycles. The smallest absolute Gasteiger partial charge is 0.259 e. The first-order valence-corrected chi connectivity index (χ1v) is 9.07. The molecule has 158 valence electrons. The second-order valence-corrected chi connectivity index (χ2v) is 6.37. The molecule has 9 heteroatoms. The number of hydrogen-bond donors (Lipinski definition) is 2. The quantitative estimate of drug-likeness (QED) is 0.626. The molecular weight excluding hydrogens is 418 g/mol. The Morgan fingerprint density at radius 2 is 1.38 bits per heavy atom. The number of amides is 2. The fraction of sp³-hybridized carbons (Fsp3) is 0.0435. The molecule has 3 aromatic rings. The molecular formula is C23H14F2N4O3. The van der Waals surface area contributed by atoms with Crippen LogP contribution in [-0.2, 0) is 0 Å². The van der Waals surface area contributed by atoms with Gasteiger partial charge in [0, 0.05) is 5.56 Å². The Morgan fingerprint density at radius 3 is 1.88 bits per heavy atom. The van der Waals surface area contributed by atoms with Crippen molar-refractivity contribution in [1.29, 1.82) is 10.5 Å². The maximum atomic E-state index is 13.8. The molecule has 0 aromatic heterocycles. The Bertz CT molecular complexity index is 1310. The van der Waals surface area contributed by atoms with E-state index in [0.717, 1.165) is 12.1 Å². The molecule has 7 nitrogen and oxygen atoms in total. The molecule has 0 aliphatic carbocycles. The van der Waals surface area contributed by atoms with E-state index in [2.05, 4.69) is 10.6 Å². The molecule has 0 radical (unpaired) electrons. The lowest BCUT2D eigenvalue weighted by atomic mass is 10.1. The van der Waals surface area contributed by atoms with Crippen molar-refractivity contribution in [3.8, 4) is 17.9 Å². The number of nitriles is 2. The summed E-state index contributed by atoms with van der Waals surface area (Å²) >= 11 is 0. The number of hydrogen-bond acceptors (Lipinski definition) is 5. The number of nitrogens with zero attached hydrogens (tertiary/aromatic N) is 2. The number of nitrogens with one attached hydrogen (secondary N) is 2. The molecule has 0 saturated carbocycles. The van der Waals surface area contributed by atoms with Gasteiger partial charge in [-0.15, -0.1) is 0 Å². The van der Waals surface area contributed by atoms with Gasteiger partial charge in [-0.1, -0.05) is 12.1 Å². The summed E-state index contributed by atoms with van der Waals surface area (Å²) in [5, 5.41) is 23.1. The molecule has 2 amide bonds. The van der Waals surface area contributed by atoms with E-state index >= 15 is 0 Å². The average Bonchev–Trinajstić information content (AvgIpc) is 2.79. The standard InChI is InChI=1S/C23H14F2N4O3/c1-32-21-9-8-13(22(30)28-19-6-2-4-17(24)15(19)11-26)10-14(21)23(31)29-20-7-3-5-18(25)16(20)12-27/h2-10H,1H3,(H,28,30)(H,29,31). The van der Waals surface area contributed by atoms with Crippen LogP contribution in [0.15, 0.2) is 54.6 Å². The van der Waals surface area contributed by atoms with Gasteiger partial charge in [-0.05, 0) is 42.5 Å². The fourth-order valence-electron chi connectivity index (χ4n) is 2.89. The highest BCUT2D eigenvalue weighted by atomic mass is 19.1. The Balaban J connectivity index is 1.93. The molecule has 0 aliphatic rings. The lowest BCUT2D eigenvalue weighted by Crippen LogP contribution is -2.17. The maximum Gasteiger partial charge on any atom is 0.259 e. The van der Waals surface area contributed by atoms with Gasteiger partial charge < -0.3 is 15.4 Å². The summed E-state index contributed by atoms with van der Waals surface area (Å²) in [4.78, 5) is 25.5. The Kier molecular flexibility index (Phi) is 6.42. The fourth-order valence-corrected chi connectivity index (χ4v) is 2.89. The normalized spacial score (nSPS) is 9.91. The minimum Gasteiger partial charge on any atom is -0.496 e. The molecule has 32 heavy (non-hydrogen) atoms. The van der Waals surface area contributed by atoms with Crippen LogP contribution in [0.2, 0.25) is 0 Å². The van der Waals surface area contributed by atoms with E-state index in [0.29, 0.717) is 0 Å². The molecule has 0 heterocycles. The monoisotopic (exact) mass is 432 g/mol. The zero-order valence-corrected chi connectivity index (χ0v) is 16.6. The molecule has 0 bridgehead atoms. The molecule has 0 fully saturated rings. The van der Waals surface area contributed by atoms with Gasteiger partial charge in [0.25, 0.3) is 11.8 Å². The maximum absolute atomic E-state index is 13.8. The zero-order chi connectivity index (χ0) is 23.3. The van der Waals surface area contributed by atoms with Crippen molar-refractivity contribution in [3.63, 3.8) is 0 Å². The van der Waals surface area contributed by atoms with Gasteiger partial charge in [-0.25, -0.2) is 8.78 Å². The second-order valence-electron chi connectivity index (χ2n) is 6.37. The summed E-state index contributed by atoms with van der Waals surface area (Å²) in [6.07, 6.45) is 0. The third-order valence-electron chi connectivity index (χ3n) is 4.45. The van der Waals surface area contributed by atoms with E-state index in [-0.39, 0.29) is 39.4 Å². The molecule has 0 aliphatic heterocycles. The van der Waals surface area contributed by atoms with Crippen molar-refractivity contribution in [1.82, 2.24) is 0 Å². The van der Waals surface area contributed by atoms with E-state index in [1.165, 1.54) is 49.6 Å². The number of carbonyl (C=O) groups excluding carboxylic acids is 2. The van der Waals surface area contributed by atoms with Crippen LogP contribution in [0.25, 0.3) is 0 Å². The summed E-state index contributed by atoms with van der Waals surface area (Å²) in [5.74, 6) is -2.91. The highest BCUT2D eigenvalue weighted by Crippen LogP contribution is 2.25. The van der Waals surface area contributed by atoms with E-state index in [1.54, 1.807) is 12.1 Å². The van der Waals surface area contributed by atoms with Crippen LogP contribution >= 0.6 is 0 Å². The number of ether oxygens (including phenoxy) is 1. The minimum absolute atomic E-state index is 0.0175. The highest BCUT2D eigenvalue weighted by Gasteiger charge is 2.19. The lowest BCUT2D eigenvalue weighted by molar-refractivity contribution is 0.102. The molecule has 3 rings (SSSR count). The number of carbonyl (C=O) groups is 2. The summed E-state index contributed by atoms with van der Waals surface area (Å²) < 4.78 is 32.8. The number of anilines is 2. The van der Waals surface area contributed by atoms with Gasteiger partial charge in [0.1, 0.15) is 40.6 Å². The van der Waals surface area contributed by atoms with Crippen molar-refractivity contribution >= 4 is 23.2 Å². The van der Waals surface area contributed by atoms with Gasteiger partial charge >= 0.3 is 0 Å². The zero-order valence-electron chi connectivity index (χ0n) is 16.6. The van der Waals surface area contributed by atoms with Crippen LogP contribution in [0.1, 0.15) is 31.8 Å². The number of rotatable bonds is 5. The van der Waals surface area contributed by atoms with Crippen LogP contribution in [0.5, 0.6) is 5.75 Å². The Labute approximate surface area is 181 Å². The largest absolute Gasteiger partial charge is 0.496 e. The van der Waals surface area contributed by atoms with Gasteiger partial charge in [-0.3, -0.25) is 9.59 Å². The molecule has 0 spiro atoms. The van der Waals surface area contributed by atoms with Crippen molar-refractivity contribution < 1.29 is 23.1 Å². The van der Waals surface area contributed by atoms with Crippen LogP contribution in [0.3, 0.4) is 0 Å². The summed E-state index contributed by atoms with van der Waals surface area (Å²) in [7, 11) is 1.32. The molecule has 3 aromatic carbocycles. The number of benzene rings is 3. The van der Waals surface area contributed by atoms with Crippen molar-refractivity contribution in [2.75, 3.05) is 17.7 Å². The van der Waals surface area contributed by atoms with Crippen LogP contribution < -0.4 is 15.4 Å². The highest BCUT2D eigenvalue weighted by molar-refractivity contribution is 6.10. The van der Waals surface area contributed by atoms with Crippen LogP contribution in [0.4, 0.5) is 20.2 Å². The second kappa shape index (κ2) is 9.37. The van der Waals surface area contributed by atoms with Gasteiger partial charge in [0.05, 0.1) is 24.0 Å². The van der Waals surface area contributed by atoms with Crippen LogP contribution in [0, 0.1) is 34.3 Å². The summed E-state index contributed by atoms with van der Waals surface area (Å²) in [6.45, 7) is 0. The predicted octanol–water partition coefficient (Wildman–Crippen LogP) is 4.22. The van der Waals surface area contributed by atoms with Crippen molar-refractivity contribution in [2.24, 2.45) is 0 Å². The van der Waals surface area contributed by atoms with E-state index in [1.807, 2.05) is 0 Å². The first kappa shape index (κ1) is 21.9. The number of halogens is 2. The molecule has 2 N–H and O–H groups in total. The first-order chi connectivity index (χ1) is 15.4. The average molecular weight is 432 g/mol. The first-order valence-electron chi connectivity index (χ1n) is 9.07. The van der Waals surface area contributed by atoms with Gasteiger partial charge in [-0.2, -0.15) is 10.5 Å². The predicted molar refractivity (Wildman–Crippen MR) is 111 cm³/mol. The van der Waals surface area contributed by atoms with E-state index < -0.39 is 23.4 Å². The Morgan fingerprint density at radius 1 is 0.844 bits per heavy atom. The summed E-state index contributed by atoms with van der Waals surface area (Å²) in [6, 6.07) is 14.9. The van der Waals surface area contributed by atoms with Gasteiger partial charge in [0.2, 0.25) is 0 Å². The SMILES string of the molecule is COc1ccc(C(=O)Nc2cccc(F)c2C#N)cc1C(=O)Nc1cccc(F)c1C#N. The van der Waals surface area contributed by atoms with Crippen molar-refractivity contribution in [2.45, 2.75) is 0 Å². The van der Waals surface area contributed by atoms with E-state index in [9.17, 15) is 18.4 Å². The minimum atomic E-state index is -0.797. The van der Waals surface area contributed by atoms with Gasteiger partial charge in [0.15, 0.2) is 0 Å². The third-order valence-corrected chi connectivity index (χ3v) is 4.45.